The van der Waals surface area contributed by atoms with Gasteiger partial charge < -0.3 is 15.2 Å². The van der Waals surface area contributed by atoms with E-state index in [0.29, 0.717) is 0 Å². The first-order valence-corrected chi connectivity index (χ1v) is 5.89. The number of aliphatic hydroxyl groups is 1. The third-order valence-electron chi connectivity index (χ3n) is 2.63. The minimum absolute atomic E-state index is 0.0256. The Labute approximate surface area is 115 Å². The number of anilines is 1. The predicted octanol–water partition coefficient (Wildman–Crippen LogP) is 1.21. The van der Waals surface area contributed by atoms with Crippen LogP contribution < -0.4 is 5.32 Å². The molecular weight excluding hydrogens is 266 g/mol. The molecule has 8 heteroatoms. The highest BCUT2D eigenvalue weighted by Gasteiger charge is 2.22. The van der Waals surface area contributed by atoms with Crippen LogP contribution in [0.4, 0.5) is 11.5 Å². The van der Waals surface area contributed by atoms with Crippen molar-refractivity contribution >= 4 is 17.5 Å². The van der Waals surface area contributed by atoms with Crippen molar-refractivity contribution < 1.29 is 19.6 Å². The maximum Gasteiger partial charge on any atom is 0.356 e. The highest BCUT2D eigenvalue weighted by molar-refractivity contribution is 5.88. The predicted molar refractivity (Wildman–Crippen MR) is 71.6 cm³/mol. The van der Waals surface area contributed by atoms with Gasteiger partial charge in [0, 0.05) is 24.6 Å². The number of methoxy groups -OCH3 is 1. The number of rotatable bonds is 6. The summed E-state index contributed by atoms with van der Waals surface area (Å²) in [6.45, 7) is 3.75. The summed E-state index contributed by atoms with van der Waals surface area (Å²) in [5, 5.41) is 22.9. The topological polar surface area (TPSA) is 115 Å². The van der Waals surface area contributed by atoms with Gasteiger partial charge in [-0.05, 0) is 6.07 Å². The summed E-state index contributed by atoms with van der Waals surface area (Å²) < 4.78 is 4.52. The van der Waals surface area contributed by atoms with E-state index in [-0.39, 0.29) is 30.4 Å². The summed E-state index contributed by atoms with van der Waals surface area (Å²) in [4.78, 5) is 25.6. The Morgan fingerprint density at radius 1 is 1.55 bits per heavy atom. The van der Waals surface area contributed by atoms with Gasteiger partial charge in [0.1, 0.15) is 0 Å². The Morgan fingerprint density at radius 3 is 2.70 bits per heavy atom. The first-order chi connectivity index (χ1) is 9.30. The first kappa shape index (κ1) is 15.8. The van der Waals surface area contributed by atoms with E-state index >= 15 is 0 Å². The maximum absolute atomic E-state index is 11.4. The molecule has 0 amide bonds. The number of carbonyl (C=O) groups is 1. The number of carbonyl (C=O) groups excluding carboxylic acids is 1. The monoisotopic (exact) mass is 283 g/mol. The number of esters is 1. The number of nitrogens with one attached hydrogen (secondary N) is 1. The molecule has 0 fully saturated rings. The van der Waals surface area contributed by atoms with Crippen LogP contribution in [-0.2, 0) is 4.74 Å². The molecule has 1 heterocycles. The second kappa shape index (κ2) is 6.29. The van der Waals surface area contributed by atoms with E-state index in [1.54, 1.807) is 13.8 Å². The van der Waals surface area contributed by atoms with E-state index in [1.807, 2.05) is 0 Å². The van der Waals surface area contributed by atoms with Gasteiger partial charge in [-0.15, -0.1) is 0 Å². The molecule has 0 atom stereocenters. The van der Waals surface area contributed by atoms with Crippen molar-refractivity contribution in [1.82, 2.24) is 4.98 Å². The molecule has 0 aliphatic carbocycles. The lowest BCUT2D eigenvalue weighted by Gasteiger charge is -2.22. The van der Waals surface area contributed by atoms with Crippen molar-refractivity contribution in [3.05, 3.63) is 27.9 Å². The molecule has 20 heavy (non-hydrogen) atoms. The average molecular weight is 283 g/mol. The van der Waals surface area contributed by atoms with Crippen LogP contribution in [0.15, 0.2) is 12.1 Å². The number of hydrogen-bond acceptors (Lipinski definition) is 7. The number of pyridine rings is 1. The fourth-order valence-electron chi connectivity index (χ4n) is 1.33. The van der Waals surface area contributed by atoms with Gasteiger partial charge in [-0.3, -0.25) is 10.1 Å². The SMILES string of the molecule is COC(=O)c1ccc([N+](=O)[O-])c(NCC(C)(C)CO)n1. The lowest BCUT2D eigenvalue weighted by Crippen LogP contribution is -2.27. The average Bonchev–Trinajstić information content (AvgIpc) is 2.43. The summed E-state index contributed by atoms with van der Waals surface area (Å²) in [6, 6.07) is 2.42. The van der Waals surface area contributed by atoms with Gasteiger partial charge in [-0.25, -0.2) is 9.78 Å². The number of nitro groups is 1. The highest BCUT2D eigenvalue weighted by Crippen LogP contribution is 2.24. The van der Waals surface area contributed by atoms with Gasteiger partial charge >= 0.3 is 11.7 Å². The number of nitrogens with zero attached hydrogens (tertiary/aromatic N) is 2. The standard InChI is InChI=1S/C12H17N3O5/c1-12(2,7-16)6-13-10-9(15(18)19)5-4-8(14-10)11(17)20-3/h4-5,16H,6-7H2,1-3H3,(H,13,14). The maximum atomic E-state index is 11.4. The zero-order valence-electron chi connectivity index (χ0n) is 11.5. The Morgan fingerprint density at radius 2 is 2.20 bits per heavy atom. The molecular formula is C12H17N3O5. The van der Waals surface area contributed by atoms with E-state index in [0.717, 1.165) is 0 Å². The second-order valence-electron chi connectivity index (χ2n) is 4.99. The van der Waals surface area contributed by atoms with Crippen molar-refractivity contribution in [3.8, 4) is 0 Å². The zero-order chi connectivity index (χ0) is 15.3. The number of aliphatic hydroxyl groups excluding tert-OH is 1. The van der Waals surface area contributed by atoms with Crippen LogP contribution in [0.2, 0.25) is 0 Å². The zero-order valence-corrected chi connectivity index (χ0v) is 11.5. The highest BCUT2D eigenvalue weighted by atomic mass is 16.6. The van der Waals surface area contributed by atoms with Crippen LogP contribution in [0.25, 0.3) is 0 Å². The molecule has 0 aromatic carbocycles. The quantitative estimate of drug-likeness (QED) is 0.458. The molecule has 0 saturated heterocycles. The summed E-state index contributed by atoms with van der Waals surface area (Å²) in [5.74, 6) is -0.705. The smallest absolute Gasteiger partial charge is 0.356 e. The van der Waals surface area contributed by atoms with E-state index in [1.165, 1.54) is 19.2 Å². The lowest BCUT2D eigenvalue weighted by atomic mass is 9.95. The van der Waals surface area contributed by atoms with E-state index in [9.17, 15) is 14.9 Å². The van der Waals surface area contributed by atoms with Crippen LogP contribution in [0, 0.1) is 15.5 Å². The third kappa shape index (κ3) is 3.89. The van der Waals surface area contributed by atoms with Crippen LogP contribution in [-0.4, -0.2) is 41.2 Å². The van der Waals surface area contributed by atoms with Crippen LogP contribution in [0.1, 0.15) is 24.3 Å². The molecule has 1 aromatic rings. The van der Waals surface area contributed by atoms with Crippen LogP contribution in [0.5, 0.6) is 0 Å². The number of aromatic nitrogens is 1. The minimum Gasteiger partial charge on any atom is -0.464 e. The number of hydrogen-bond donors (Lipinski definition) is 2. The number of ether oxygens (including phenoxy) is 1. The van der Waals surface area contributed by atoms with Crippen molar-refractivity contribution in [1.29, 1.82) is 0 Å². The Bertz CT molecular complexity index is 516. The normalized spacial score (nSPS) is 11.0. The van der Waals surface area contributed by atoms with Crippen LogP contribution in [0.3, 0.4) is 0 Å². The minimum atomic E-state index is -0.677. The molecule has 0 aliphatic heterocycles. The molecule has 0 radical (unpaired) electrons. The molecule has 1 aromatic heterocycles. The van der Waals surface area contributed by atoms with Gasteiger partial charge in [-0.2, -0.15) is 0 Å². The summed E-state index contributed by atoms with van der Waals surface area (Å²) in [7, 11) is 1.20. The fraction of sp³-hybridized carbons (Fsp3) is 0.500. The Kier molecular flexibility index (Phi) is 4.98. The van der Waals surface area contributed by atoms with Crippen molar-refractivity contribution in [2.24, 2.45) is 5.41 Å². The van der Waals surface area contributed by atoms with E-state index < -0.39 is 16.3 Å². The Balaban J connectivity index is 3.06. The van der Waals surface area contributed by atoms with E-state index in [2.05, 4.69) is 15.0 Å². The second-order valence-corrected chi connectivity index (χ2v) is 4.99. The first-order valence-electron chi connectivity index (χ1n) is 5.89. The molecule has 0 spiro atoms. The summed E-state index contributed by atoms with van der Waals surface area (Å²) >= 11 is 0. The summed E-state index contributed by atoms with van der Waals surface area (Å²) in [6.07, 6.45) is 0. The van der Waals surface area contributed by atoms with Gasteiger partial charge in [0.2, 0.25) is 5.82 Å². The molecule has 8 nitrogen and oxygen atoms in total. The fourth-order valence-corrected chi connectivity index (χ4v) is 1.33. The van der Waals surface area contributed by atoms with E-state index in [4.69, 9.17) is 5.11 Å². The van der Waals surface area contributed by atoms with Crippen molar-refractivity contribution in [2.45, 2.75) is 13.8 Å². The molecule has 110 valence electrons. The van der Waals surface area contributed by atoms with Crippen molar-refractivity contribution in [2.75, 3.05) is 25.6 Å². The summed E-state index contributed by atoms with van der Waals surface area (Å²) in [5.41, 5.74) is -0.745. The molecule has 2 N–H and O–H groups in total. The van der Waals surface area contributed by atoms with Crippen LogP contribution >= 0.6 is 0 Å². The molecule has 0 saturated carbocycles. The molecule has 0 unspecified atom stereocenters. The Hall–Kier alpha value is -2.22. The van der Waals surface area contributed by atoms with Gasteiger partial charge in [-0.1, -0.05) is 13.8 Å². The van der Waals surface area contributed by atoms with Gasteiger partial charge in [0.15, 0.2) is 5.69 Å². The molecule has 1 rings (SSSR count). The lowest BCUT2D eigenvalue weighted by molar-refractivity contribution is -0.384. The van der Waals surface area contributed by atoms with Gasteiger partial charge in [0.05, 0.1) is 12.0 Å². The largest absolute Gasteiger partial charge is 0.464 e. The molecule has 0 bridgehead atoms. The third-order valence-corrected chi connectivity index (χ3v) is 2.63. The van der Waals surface area contributed by atoms with Gasteiger partial charge in [0.25, 0.3) is 0 Å². The van der Waals surface area contributed by atoms with Crippen molar-refractivity contribution in [3.63, 3.8) is 0 Å². The molecule has 0 aliphatic rings.